The van der Waals surface area contributed by atoms with E-state index in [-0.39, 0.29) is 5.25 Å². The van der Waals surface area contributed by atoms with E-state index in [1.165, 1.54) is 18.6 Å². The molecule has 2 aliphatic rings. The van der Waals surface area contributed by atoms with E-state index < -0.39 is 0 Å². The highest BCUT2D eigenvalue weighted by Gasteiger charge is 2.22. The fraction of sp³-hybridized carbons (Fsp3) is 0.917. The van der Waals surface area contributed by atoms with E-state index in [1.807, 2.05) is 23.5 Å². The van der Waals surface area contributed by atoms with Crippen LogP contribution in [0.15, 0.2) is 0 Å². The average molecular weight is 260 g/mol. The molecule has 2 unspecified atom stereocenters. The molecule has 0 radical (unpaired) electrons. The van der Waals surface area contributed by atoms with Gasteiger partial charge in [-0.1, -0.05) is 0 Å². The zero-order valence-electron chi connectivity index (χ0n) is 9.65. The summed E-state index contributed by atoms with van der Waals surface area (Å²) in [7, 11) is 0. The van der Waals surface area contributed by atoms with Crippen LogP contribution in [-0.4, -0.2) is 41.0 Å². The van der Waals surface area contributed by atoms with Gasteiger partial charge in [-0.3, -0.25) is 4.79 Å². The molecule has 0 amide bonds. The second-order valence-electron chi connectivity index (χ2n) is 4.43. The van der Waals surface area contributed by atoms with Crippen molar-refractivity contribution < 1.29 is 9.53 Å². The van der Waals surface area contributed by atoms with Crippen LogP contribution in [0, 0.1) is 0 Å². The Morgan fingerprint density at radius 1 is 1.38 bits per heavy atom. The van der Waals surface area contributed by atoms with E-state index in [1.54, 1.807) is 0 Å². The lowest BCUT2D eigenvalue weighted by Gasteiger charge is -2.19. The third kappa shape index (κ3) is 3.97. The first-order chi connectivity index (χ1) is 7.86. The third-order valence-corrected chi connectivity index (χ3v) is 5.95. The van der Waals surface area contributed by atoms with Crippen molar-refractivity contribution in [1.29, 1.82) is 0 Å². The quantitative estimate of drug-likeness (QED) is 0.759. The van der Waals surface area contributed by atoms with E-state index in [4.69, 9.17) is 4.74 Å². The van der Waals surface area contributed by atoms with Crippen molar-refractivity contribution >= 4 is 29.3 Å². The number of ketones is 1. The molecule has 2 saturated heterocycles. The highest BCUT2D eigenvalue weighted by atomic mass is 32.2. The first-order valence-corrected chi connectivity index (χ1v) is 8.40. The Bertz CT molecular complexity index is 221. The van der Waals surface area contributed by atoms with Crippen LogP contribution < -0.4 is 0 Å². The predicted octanol–water partition coefficient (Wildman–Crippen LogP) is 2.75. The van der Waals surface area contributed by atoms with Gasteiger partial charge in [0.05, 0.1) is 11.4 Å². The number of thioether (sulfide) groups is 2. The van der Waals surface area contributed by atoms with Crippen molar-refractivity contribution in [3.8, 4) is 0 Å². The summed E-state index contributed by atoms with van der Waals surface area (Å²) in [5, 5.41) is 0.281. The van der Waals surface area contributed by atoms with Crippen LogP contribution in [0.2, 0.25) is 0 Å². The molecule has 0 bridgehead atoms. The maximum atomic E-state index is 11.9. The third-order valence-electron chi connectivity index (χ3n) is 3.15. The topological polar surface area (TPSA) is 26.3 Å². The Hall–Kier alpha value is 0.330. The Morgan fingerprint density at radius 2 is 2.31 bits per heavy atom. The van der Waals surface area contributed by atoms with Crippen LogP contribution >= 0.6 is 23.5 Å². The van der Waals surface area contributed by atoms with Crippen LogP contribution in [0.5, 0.6) is 0 Å². The second kappa shape index (κ2) is 6.92. The summed E-state index contributed by atoms with van der Waals surface area (Å²) in [6.45, 7) is 0.924. The van der Waals surface area contributed by atoms with Gasteiger partial charge in [-0.15, -0.1) is 11.8 Å². The summed E-state index contributed by atoms with van der Waals surface area (Å²) in [5.41, 5.74) is 0. The van der Waals surface area contributed by atoms with E-state index in [0.717, 1.165) is 37.4 Å². The molecule has 4 heteroatoms. The maximum absolute atomic E-state index is 11.9. The van der Waals surface area contributed by atoms with Gasteiger partial charge in [0.25, 0.3) is 0 Å². The van der Waals surface area contributed by atoms with Gasteiger partial charge in [0, 0.05) is 30.3 Å². The van der Waals surface area contributed by atoms with Crippen molar-refractivity contribution in [2.24, 2.45) is 0 Å². The first-order valence-electron chi connectivity index (χ1n) is 6.20. The molecular formula is C12H20O2S2. The SMILES string of the molecule is O=C(CCCC1CCCO1)C1CSCCS1. The molecule has 0 saturated carbocycles. The zero-order valence-corrected chi connectivity index (χ0v) is 11.3. The molecule has 0 aromatic carbocycles. The molecule has 2 atom stereocenters. The fourth-order valence-corrected chi connectivity index (χ4v) is 4.90. The number of carbonyl (C=O) groups excluding carboxylic acids is 1. The van der Waals surface area contributed by atoms with Gasteiger partial charge in [-0.05, 0) is 25.7 Å². The highest BCUT2D eigenvalue weighted by molar-refractivity contribution is 8.07. The summed E-state index contributed by atoms with van der Waals surface area (Å²) in [6, 6.07) is 0. The molecule has 2 fully saturated rings. The molecule has 16 heavy (non-hydrogen) atoms. The lowest BCUT2D eigenvalue weighted by Crippen LogP contribution is -2.24. The summed E-state index contributed by atoms with van der Waals surface area (Å²) in [6.07, 6.45) is 5.70. The molecule has 0 aromatic rings. The minimum atomic E-state index is 0.281. The minimum absolute atomic E-state index is 0.281. The lowest BCUT2D eigenvalue weighted by molar-refractivity contribution is -0.118. The van der Waals surface area contributed by atoms with Crippen molar-refractivity contribution in [1.82, 2.24) is 0 Å². The molecule has 2 heterocycles. The maximum Gasteiger partial charge on any atom is 0.146 e. The molecule has 2 nitrogen and oxygen atoms in total. The number of Topliss-reactive ketones (excluding diaryl/α,β-unsaturated/α-hetero) is 1. The molecule has 0 aliphatic carbocycles. The number of carbonyl (C=O) groups is 1. The number of hydrogen-bond acceptors (Lipinski definition) is 4. The van der Waals surface area contributed by atoms with Gasteiger partial charge in [0.1, 0.15) is 5.78 Å². The van der Waals surface area contributed by atoms with Crippen LogP contribution in [0.25, 0.3) is 0 Å². The Morgan fingerprint density at radius 3 is 3.00 bits per heavy atom. The van der Waals surface area contributed by atoms with Crippen molar-refractivity contribution in [2.75, 3.05) is 23.9 Å². The number of ether oxygens (including phenoxy) is 1. The summed E-state index contributed by atoms with van der Waals surface area (Å²) >= 11 is 3.78. The van der Waals surface area contributed by atoms with E-state index >= 15 is 0 Å². The van der Waals surface area contributed by atoms with E-state index in [0.29, 0.717) is 11.9 Å². The van der Waals surface area contributed by atoms with Gasteiger partial charge < -0.3 is 4.74 Å². The van der Waals surface area contributed by atoms with Gasteiger partial charge in [0.15, 0.2) is 0 Å². The second-order valence-corrected chi connectivity index (χ2v) is 6.89. The Kier molecular flexibility index (Phi) is 5.53. The van der Waals surface area contributed by atoms with Crippen LogP contribution in [0.1, 0.15) is 32.1 Å². The van der Waals surface area contributed by atoms with Gasteiger partial charge >= 0.3 is 0 Å². The first kappa shape index (κ1) is 12.8. The molecule has 92 valence electrons. The fourth-order valence-electron chi connectivity index (χ4n) is 2.21. The van der Waals surface area contributed by atoms with Gasteiger partial charge in [0.2, 0.25) is 0 Å². The Labute approximate surface area is 106 Å². The van der Waals surface area contributed by atoms with Crippen LogP contribution in [-0.2, 0) is 9.53 Å². The molecule has 2 aliphatic heterocycles. The van der Waals surface area contributed by atoms with Crippen molar-refractivity contribution in [2.45, 2.75) is 43.5 Å². The summed E-state index contributed by atoms with van der Waals surface area (Å²) in [4.78, 5) is 11.9. The zero-order chi connectivity index (χ0) is 11.2. The minimum Gasteiger partial charge on any atom is -0.378 e. The monoisotopic (exact) mass is 260 g/mol. The van der Waals surface area contributed by atoms with E-state index in [2.05, 4.69) is 0 Å². The van der Waals surface area contributed by atoms with Gasteiger partial charge in [-0.2, -0.15) is 11.8 Å². The molecular weight excluding hydrogens is 240 g/mol. The van der Waals surface area contributed by atoms with Crippen molar-refractivity contribution in [3.05, 3.63) is 0 Å². The molecule has 0 spiro atoms. The number of rotatable bonds is 5. The number of hydrogen-bond donors (Lipinski definition) is 0. The summed E-state index contributed by atoms with van der Waals surface area (Å²) in [5.74, 6) is 3.86. The van der Waals surface area contributed by atoms with Crippen LogP contribution in [0.4, 0.5) is 0 Å². The summed E-state index contributed by atoms with van der Waals surface area (Å²) < 4.78 is 5.56. The molecule has 0 aromatic heterocycles. The molecule has 0 N–H and O–H groups in total. The average Bonchev–Trinajstić information content (AvgIpc) is 2.83. The predicted molar refractivity (Wildman–Crippen MR) is 71.4 cm³/mol. The molecule has 2 rings (SSSR count). The van der Waals surface area contributed by atoms with E-state index in [9.17, 15) is 4.79 Å². The largest absolute Gasteiger partial charge is 0.378 e. The standard InChI is InChI=1S/C12H20O2S2/c13-11(12-9-15-7-8-16-12)5-1-3-10-4-2-6-14-10/h10,12H,1-9H2. The van der Waals surface area contributed by atoms with Crippen molar-refractivity contribution in [3.63, 3.8) is 0 Å². The smallest absolute Gasteiger partial charge is 0.146 e. The normalized spacial score (nSPS) is 30.5. The lowest BCUT2D eigenvalue weighted by atomic mass is 10.1. The van der Waals surface area contributed by atoms with Gasteiger partial charge in [-0.25, -0.2) is 0 Å². The Balaban J connectivity index is 1.59. The van der Waals surface area contributed by atoms with Crippen LogP contribution in [0.3, 0.4) is 0 Å². The highest BCUT2D eigenvalue weighted by Crippen LogP contribution is 2.26.